The number of ether oxygens (including phenoxy) is 1. The van der Waals surface area contributed by atoms with Crippen molar-refractivity contribution < 1.29 is 14.2 Å². The van der Waals surface area contributed by atoms with Crippen LogP contribution >= 0.6 is 0 Å². The van der Waals surface area contributed by atoms with Crippen molar-refractivity contribution in [1.82, 2.24) is 25.0 Å². The van der Waals surface area contributed by atoms with Gasteiger partial charge in [0.25, 0.3) is 5.56 Å². The number of pyridine rings is 1. The lowest BCUT2D eigenvalue weighted by Gasteiger charge is -2.37. The molecule has 6 rings (SSSR count). The Hall–Kier alpha value is -2.88. The number of β-amino-alcohol motifs (C(OH)–C–C–N with tert-alkyl or cyclic N) is 1. The molecule has 33 heavy (non-hydrogen) atoms. The van der Waals surface area contributed by atoms with Crippen LogP contribution in [0.1, 0.15) is 29.7 Å². The first-order chi connectivity index (χ1) is 16.0. The highest BCUT2D eigenvalue weighted by molar-refractivity contribution is 5.84. The van der Waals surface area contributed by atoms with Crippen LogP contribution in [0, 0.1) is 5.82 Å². The molecule has 2 N–H and O–H groups in total. The second-order valence-corrected chi connectivity index (χ2v) is 9.35. The molecule has 0 radical (unpaired) electrons. The molecule has 3 aromatic rings. The van der Waals surface area contributed by atoms with Crippen LogP contribution in [0.4, 0.5) is 4.39 Å². The molecule has 8 nitrogen and oxygen atoms in total. The third kappa shape index (κ3) is 3.60. The summed E-state index contributed by atoms with van der Waals surface area (Å²) >= 11 is 0. The number of aliphatic hydroxyl groups is 1. The van der Waals surface area contributed by atoms with Crippen LogP contribution in [0.3, 0.4) is 0 Å². The Kier molecular flexibility index (Phi) is 4.93. The van der Waals surface area contributed by atoms with Gasteiger partial charge in [-0.1, -0.05) is 0 Å². The summed E-state index contributed by atoms with van der Waals surface area (Å²) in [6, 6.07) is 8.61. The number of halogens is 1. The maximum atomic E-state index is 14.8. The van der Waals surface area contributed by atoms with Gasteiger partial charge in [-0.3, -0.25) is 9.69 Å². The standard InChI is InChI=1S/C24H26FN5O3/c25-19-3-1-15-2-4-20(31)30-14-24(32,21(19)22(15)30)13-29-8-5-17(6-9-29)26-12-18-11-16-7-10-33-23(16)28-27-18/h1-4,11,17,26,32H,5-10,12-14H2. The van der Waals surface area contributed by atoms with Crippen molar-refractivity contribution in [2.24, 2.45) is 0 Å². The Bertz CT molecular complexity index is 1290. The Morgan fingerprint density at radius 1 is 1.21 bits per heavy atom. The van der Waals surface area contributed by atoms with Gasteiger partial charge in [-0.15, -0.1) is 5.10 Å². The zero-order valence-electron chi connectivity index (χ0n) is 18.3. The average molecular weight is 452 g/mol. The van der Waals surface area contributed by atoms with Crippen LogP contribution in [-0.2, 0) is 25.1 Å². The van der Waals surface area contributed by atoms with Gasteiger partial charge in [-0.25, -0.2) is 4.39 Å². The van der Waals surface area contributed by atoms with Gasteiger partial charge in [0.05, 0.1) is 24.4 Å². The summed E-state index contributed by atoms with van der Waals surface area (Å²) in [6.07, 6.45) is 2.71. The number of nitrogens with zero attached hydrogens (tertiary/aromatic N) is 4. The molecule has 0 aliphatic carbocycles. The first-order valence-corrected chi connectivity index (χ1v) is 11.5. The van der Waals surface area contributed by atoms with Crippen LogP contribution in [0.2, 0.25) is 0 Å². The quantitative estimate of drug-likeness (QED) is 0.605. The molecular formula is C24H26FN5O3. The van der Waals surface area contributed by atoms with E-state index in [1.54, 1.807) is 12.1 Å². The number of fused-ring (bicyclic) bond motifs is 1. The predicted molar refractivity (Wildman–Crippen MR) is 120 cm³/mol. The van der Waals surface area contributed by atoms with Crippen LogP contribution in [0.25, 0.3) is 10.9 Å². The van der Waals surface area contributed by atoms with Crippen molar-refractivity contribution in [3.8, 4) is 5.88 Å². The van der Waals surface area contributed by atoms with Gasteiger partial charge in [0, 0.05) is 42.7 Å². The van der Waals surface area contributed by atoms with Crippen molar-refractivity contribution in [3.63, 3.8) is 0 Å². The van der Waals surface area contributed by atoms with Gasteiger partial charge in [0.1, 0.15) is 11.4 Å². The number of benzene rings is 1. The van der Waals surface area contributed by atoms with E-state index in [0.29, 0.717) is 37.1 Å². The van der Waals surface area contributed by atoms with E-state index >= 15 is 0 Å². The Labute approximate surface area is 190 Å². The van der Waals surface area contributed by atoms with Gasteiger partial charge in [0.15, 0.2) is 0 Å². The van der Waals surface area contributed by atoms with Gasteiger partial charge in [-0.05, 0) is 55.6 Å². The highest BCUT2D eigenvalue weighted by Gasteiger charge is 2.42. The first-order valence-electron chi connectivity index (χ1n) is 11.5. The van der Waals surface area contributed by atoms with Gasteiger partial charge in [0.2, 0.25) is 5.88 Å². The number of rotatable bonds is 5. The Morgan fingerprint density at radius 2 is 2.03 bits per heavy atom. The van der Waals surface area contributed by atoms with Crippen LogP contribution in [0.15, 0.2) is 35.1 Å². The zero-order valence-corrected chi connectivity index (χ0v) is 18.3. The molecule has 1 unspecified atom stereocenters. The van der Waals surface area contributed by atoms with Gasteiger partial charge < -0.3 is 19.7 Å². The van der Waals surface area contributed by atoms with Crippen molar-refractivity contribution in [3.05, 3.63) is 63.3 Å². The minimum atomic E-state index is -1.42. The molecule has 1 aromatic carbocycles. The summed E-state index contributed by atoms with van der Waals surface area (Å²) in [6.45, 7) is 3.27. The summed E-state index contributed by atoms with van der Waals surface area (Å²) < 4.78 is 21.7. The number of hydrogen-bond acceptors (Lipinski definition) is 7. The molecule has 3 aliphatic heterocycles. The first kappa shape index (κ1) is 20.7. The number of piperidine rings is 1. The molecule has 3 aliphatic rings. The monoisotopic (exact) mass is 451 g/mol. The van der Waals surface area contributed by atoms with E-state index < -0.39 is 11.4 Å². The summed E-state index contributed by atoms with van der Waals surface area (Å²) in [7, 11) is 0. The lowest BCUT2D eigenvalue weighted by Crippen LogP contribution is -2.48. The molecule has 5 heterocycles. The SMILES string of the molecule is O=c1ccc2ccc(F)c3c2n1CC3(O)CN1CCC(NCc2cc3c(nn2)OCC3)CC1. The fourth-order valence-electron chi connectivity index (χ4n) is 5.46. The minimum absolute atomic E-state index is 0.0817. The molecule has 0 spiro atoms. The molecule has 2 aromatic heterocycles. The smallest absolute Gasteiger partial charge is 0.251 e. The third-order valence-electron chi connectivity index (χ3n) is 7.12. The zero-order chi connectivity index (χ0) is 22.6. The topological polar surface area (TPSA) is 92.5 Å². The van der Waals surface area contributed by atoms with E-state index in [4.69, 9.17) is 4.74 Å². The van der Waals surface area contributed by atoms with Crippen LogP contribution in [0.5, 0.6) is 5.88 Å². The van der Waals surface area contributed by atoms with E-state index in [1.165, 1.54) is 16.7 Å². The van der Waals surface area contributed by atoms with Crippen LogP contribution < -0.4 is 15.6 Å². The molecule has 0 saturated carbocycles. The maximum Gasteiger partial charge on any atom is 0.251 e. The van der Waals surface area contributed by atoms with E-state index in [2.05, 4.69) is 26.5 Å². The largest absolute Gasteiger partial charge is 0.476 e. The van der Waals surface area contributed by atoms with Crippen molar-refractivity contribution in [2.75, 3.05) is 26.2 Å². The van der Waals surface area contributed by atoms with E-state index in [-0.39, 0.29) is 17.7 Å². The number of hydrogen-bond donors (Lipinski definition) is 2. The number of nitrogens with one attached hydrogen (secondary N) is 1. The summed E-state index contributed by atoms with van der Waals surface area (Å²) in [4.78, 5) is 14.5. The molecule has 1 fully saturated rings. The van der Waals surface area contributed by atoms with E-state index in [0.717, 1.165) is 49.0 Å². The number of likely N-dealkylation sites (tertiary alicyclic amines) is 1. The fraction of sp³-hybridized carbons (Fsp3) is 0.458. The fourth-order valence-corrected chi connectivity index (χ4v) is 5.46. The second kappa shape index (κ2) is 7.86. The minimum Gasteiger partial charge on any atom is -0.476 e. The average Bonchev–Trinajstić information content (AvgIpc) is 3.40. The summed E-state index contributed by atoms with van der Waals surface area (Å²) in [5.41, 5.74) is 1.16. The lowest BCUT2D eigenvalue weighted by atomic mass is 9.92. The molecule has 172 valence electrons. The molecule has 1 atom stereocenters. The Balaban J connectivity index is 1.10. The number of aromatic nitrogens is 3. The van der Waals surface area contributed by atoms with Crippen LogP contribution in [-0.4, -0.2) is 57.1 Å². The normalized spacial score (nSPS) is 22.6. The van der Waals surface area contributed by atoms with Gasteiger partial charge in [-0.2, -0.15) is 5.10 Å². The lowest BCUT2D eigenvalue weighted by molar-refractivity contribution is -0.0159. The second-order valence-electron chi connectivity index (χ2n) is 9.35. The third-order valence-corrected chi connectivity index (χ3v) is 7.12. The Morgan fingerprint density at radius 3 is 2.88 bits per heavy atom. The van der Waals surface area contributed by atoms with Crippen molar-refractivity contribution in [1.29, 1.82) is 0 Å². The molecule has 0 amide bonds. The van der Waals surface area contributed by atoms with Crippen molar-refractivity contribution in [2.45, 2.75) is 44.0 Å². The summed E-state index contributed by atoms with van der Waals surface area (Å²) in [5, 5.41) is 24.2. The molecular weight excluding hydrogens is 425 g/mol. The maximum absolute atomic E-state index is 14.8. The highest BCUT2D eigenvalue weighted by atomic mass is 19.1. The van der Waals surface area contributed by atoms with Gasteiger partial charge >= 0.3 is 0 Å². The molecule has 9 heteroatoms. The molecule has 0 bridgehead atoms. The van der Waals surface area contributed by atoms with Crippen molar-refractivity contribution >= 4 is 10.9 Å². The predicted octanol–water partition coefficient (Wildman–Crippen LogP) is 1.32. The highest BCUT2D eigenvalue weighted by Crippen LogP contribution is 2.38. The summed E-state index contributed by atoms with van der Waals surface area (Å²) in [5.74, 6) is 0.188. The van der Waals surface area contributed by atoms with E-state index in [9.17, 15) is 14.3 Å². The molecule has 1 saturated heterocycles. The van der Waals surface area contributed by atoms with E-state index in [1.807, 2.05) is 0 Å².